The van der Waals surface area contributed by atoms with Crippen LogP contribution in [-0.2, 0) is 0 Å². The van der Waals surface area contributed by atoms with E-state index in [-0.39, 0.29) is 0 Å². The van der Waals surface area contributed by atoms with Crippen molar-refractivity contribution in [1.82, 2.24) is 24.5 Å². The third kappa shape index (κ3) is 5.03. The summed E-state index contributed by atoms with van der Waals surface area (Å²) in [5.41, 5.74) is 11.2. The summed E-state index contributed by atoms with van der Waals surface area (Å²) in [7, 11) is 0. The normalized spacial score (nSPS) is 11.5. The number of para-hydroxylation sites is 3. The number of nitrogens with zero attached hydrogens (tertiary/aromatic N) is 5. The van der Waals surface area contributed by atoms with Crippen LogP contribution in [0.25, 0.3) is 94.3 Å². The minimum Gasteiger partial charge on any atom is -0.309 e. The molecule has 0 N–H and O–H groups in total. The van der Waals surface area contributed by atoms with Gasteiger partial charge in [0.1, 0.15) is 12.0 Å². The SMILES string of the molecule is c1ccc(-c2nc(-c3ccc4cc(-c5ccc(-n6c7ccccc7c7ccccc76)cc5)ccc4c3)cc(-c3ncnc4ccccc34)n2)cc1. The van der Waals surface area contributed by atoms with E-state index in [1.54, 1.807) is 6.33 Å². The number of aromatic nitrogens is 5. The van der Waals surface area contributed by atoms with E-state index in [0.29, 0.717) is 5.82 Å². The highest BCUT2D eigenvalue weighted by Crippen LogP contribution is 2.35. The minimum absolute atomic E-state index is 0.658. The Kier molecular flexibility index (Phi) is 6.74. The van der Waals surface area contributed by atoms with Crippen LogP contribution in [0, 0.1) is 0 Å². The van der Waals surface area contributed by atoms with Crippen molar-refractivity contribution in [2.24, 2.45) is 0 Å². The first-order valence-electron chi connectivity index (χ1n) is 17.0. The Labute approximate surface area is 294 Å². The fraction of sp³-hybridized carbons (Fsp3) is 0. The van der Waals surface area contributed by atoms with Crippen molar-refractivity contribution < 1.29 is 0 Å². The van der Waals surface area contributed by atoms with Gasteiger partial charge >= 0.3 is 0 Å². The van der Waals surface area contributed by atoms with Gasteiger partial charge in [-0.3, -0.25) is 0 Å². The van der Waals surface area contributed by atoms with Gasteiger partial charge in [0.15, 0.2) is 5.82 Å². The topological polar surface area (TPSA) is 56.5 Å². The predicted octanol–water partition coefficient (Wildman–Crippen LogP) is 11.3. The monoisotopic (exact) mass is 651 g/mol. The van der Waals surface area contributed by atoms with Gasteiger partial charge < -0.3 is 4.57 Å². The molecule has 0 aliphatic carbocycles. The molecule has 238 valence electrons. The zero-order chi connectivity index (χ0) is 33.7. The lowest BCUT2D eigenvalue weighted by atomic mass is 9.98. The molecule has 51 heavy (non-hydrogen) atoms. The van der Waals surface area contributed by atoms with Gasteiger partial charge in [0.25, 0.3) is 0 Å². The van der Waals surface area contributed by atoms with Crippen molar-refractivity contribution in [3.05, 3.63) is 176 Å². The molecule has 3 aromatic heterocycles. The molecule has 10 aromatic rings. The molecule has 0 saturated heterocycles. The van der Waals surface area contributed by atoms with Crippen LogP contribution >= 0.6 is 0 Å². The zero-order valence-electron chi connectivity index (χ0n) is 27.5. The molecular weight excluding hydrogens is 623 g/mol. The van der Waals surface area contributed by atoms with Crippen LogP contribution in [0.1, 0.15) is 0 Å². The first-order valence-corrected chi connectivity index (χ1v) is 17.0. The summed E-state index contributed by atoms with van der Waals surface area (Å²) in [5.74, 6) is 0.658. The van der Waals surface area contributed by atoms with Crippen molar-refractivity contribution in [3.63, 3.8) is 0 Å². The molecule has 0 unspecified atom stereocenters. The fourth-order valence-electron chi connectivity index (χ4n) is 7.23. The molecule has 5 nitrogen and oxygen atoms in total. The molecule has 0 amide bonds. The Morgan fingerprint density at radius 3 is 1.73 bits per heavy atom. The largest absolute Gasteiger partial charge is 0.309 e. The van der Waals surface area contributed by atoms with Gasteiger partial charge in [-0.15, -0.1) is 0 Å². The highest BCUT2D eigenvalue weighted by Gasteiger charge is 2.15. The molecule has 0 aliphatic rings. The van der Waals surface area contributed by atoms with E-state index in [4.69, 9.17) is 9.97 Å². The summed E-state index contributed by atoms with van der Waals surface area (Å²) >= 11 is 0. The molecule has 0 bridgehead atoms. The maximum absolute atomic E-state index is 5.06. The molecule has 3 heterocycles. The van der Waals surface area contributed by atoms with Crippen LogP contribution < -0.4 is 0 Å². The second-order valence-corrected chi connectivity index (χ2v) is 12.8. The second-order valence-electron chi connectivity index (χ2n) is 12.8. The van der Waals surface area contributed by atoms with Gasteiger partial charge in [0, 0.05) is 33.0 Å². The number of rotatable bonds is 5. The van der Waals surface area contributed by atoms with Crippen molar-refractivity contribution in [3.8, 4) is 50.8 Å². The van der Waals surface area contributed by atoms with Crippen molar-refractivity contribution in [1.29, 1.82) is 0 Å². The van der Waals surface area contributed by atoms with E-state index < -0.39 is 0 Å². The van der Waals surface area contributed by atoms with Gasteiger partial charge in [0.2, 0.25) is 0 Å². The predicted molar refractivity (Wildman–Crippen MR) is 209 cm³/mol. The number of hydrogen-bond donors (Lipinski definition) is 0. The maximum atomic E-state index is 5.06. The summed E-state index contributed by atoms with van der Waals surface area (Å²) in [6, 6.07) is 59.5. The van der Waals surface area contributed by atoms with Crippen LogP contribution in [0.2, 0.25) is 0 Å². The lowest BCUT2D eigenvalue weighted by Crippen LogP contribution is -1.98. The van der Waals surface area contributed by atoms with Crippen LogP contribution in [0.5, 0.6) is 0 Å². The fourth-order valence-corrected chi connectivity index (χ4v) is 7.23. The molecule has 10 rings (SSSR count). The molecular formula is C46H29N5. The van der Waals surface area contributed by atoms with Crippen LogP contribution in [0.15, 0.2) is 176 Å². The molecule has 0 aliphatic heterocycles. The lowest BCUT2D eigenvalue weighted by molar-refractivity contribution is 1.15. The van der Waals surface area contributed by atoms with E-state index in [2.05, 4.69) is 124 Å². The first-order chi connectivity index (χ1) is 25.3. The average molecular weight is 652 g/mol. The molecule has 7 aromatic carbocycles. The smallest absolute Gasteiger partial charge is 0.160 e. The summed E-state index contributed by atoms with van der Waals surface area (Å²) < 4.78 is 2.35. The van der Waals surface area contributed by atoms with E-state index in [1.165, 1.54) is 38.3 Å². The van der Waals surface area contributed by atoms with Gasteiger partial charge in [-0.2, -0.15) is 0 Å². The summed E-state index contributed by atoms with van der Waals surface area (Å²) in [4.78, 5) is 19.2. The average Bonchev–Trinajstić information content (AvgIpc) is 3.55. The van der Waals surface area contributed by atoms with Gasteiger partial charge in [-0.25, -0.2) is 19.9 Å². The summed E-state index contributed by atoms with van der Waals surface area (Å²) in [5, 5.41) is 5.80. The Morgan fingerprint density at radius 2 is 0.980 bits per heavy atom. The van der Waals surface area contributed by atoms with Gasteiger partial charge in [0.05, 0.1) is 27.9 Å². The van der Waals surface area contributed by atoms with E-state index in [1.807, 2.05) is 60.7 Å². The zero-order valence-corrected chi connectivity index (χ0v) is 27.5. The Morgan fingerprint density at radius 1 is 0.392 bits per heavy atom. The van der Waals surface area contributed by atoms with Crippen LogP contribution in [0.3, 0.4) is 0 Å². The highest BCUT2D eigenvalue weighted by atomic mass is 15.0. The third-order valence-electron chi connectivity index (χ3n) is 9.72. The van der Waals surface area contributed by atoms with Crippen LogP contribution in [0.4, 0.5) is 0 Å². The van der Waals surface area contributed by atoms with Gasteiger partial charge in [-0.05, 0) is 70.4 Å². The Hall–Kier alpha value is -6.98. The van der Waals surface area contributed by atoms with Crippen LogP contribution in [-0.4, -0.2) is 24.5 Å². The molecule has 0 fully saturated rings. The van der Waals surface area contributed by atoms with Gasteiger partial charge in [-0.1, -0.05) is 121 Å². The molecule has 5 heteroatoms. The Bertz CT molecular complexity index is 2850. The van der Waals surface area contributed by atoms with E-state index >= 15 is 0 Å². The molecule has 0 spiro atoms. The number of hydrogen-bond acceptors (Lipinski definition) is 4. The summed E-state index contributed by atoms with van der Waals surface area (Å²) in [6.07, 6.45) is 1.60. The maximum Gasteiger partial charge on any atom is 0.160 e. The quantitative estimate of drug-likeness (QED) is 0.186. The van der Waals surface area contributed by atoms with Crippen molar-refractivity contribution >= 4 is 43.5 Å². The molecule has 0 atom stereocenters. The second kappa shape index (κ2) is 11.9. The lowest BCUT2D eigenvalue weighted by Gasteiger charge is -2.12. The number of fused-ring (bicyclic) bond motifs is 5. The third-order valence-corrected chi connectivity index (χ3v) is 9.72. The van der Waals surface area contributed by atoms with Crippen molar-refractivity contribution in [2.75, 3.05) is 0 Å². The Balaban J connectivity index is 1.02. The standard InChI is InChI=1S/C46H29N5/c1-2-10-31(11-3-1)46-49-41(28-42(50-46)45-39-14-4-7-15-40(39)47-29-48-45)35-21-20-33-26-32(18-19-34(33)27-35)30-22-24-36(25-23-30)51-43-16-8-5-12-37(43)38-13-6-9-17-44(38)51/h1-29H. The van der Waals surface area contributed by atoms with E-state index in [9.17, 15) is 0 Å². The highest BCUT2D eigenvalue weighted by molar-refractivity contribution is 6.09. The summed E-state index contributed by atoms with van der Waals surface area (Å²) in [6.45, 7) is 0. The van der Waals surface area contributed by atoms with E-state index in [0.717, 1.165) is 50.2 Å². The molecule has 0 radical (unpaired) electrons. The van der Waals surface area contributed by atoms with Crippen molar-refractivity contribution in [2.45, 2.75) is 0 Å². The first kappa shape index (κ1) is 29.0. The minimum atomic E-state index is 0.658. The molecule has 0 saturated carbocycles. The number of benzene rings is 7.